The molecule has 0 radical (unpaired) electrons. The zero-order valence-corrected chi connectivity index (χ0v) is 17.3. The zero-order valence-electron chi connectivity index (χ0n) is 15.8. The van der Waals surface area contributed by atoms with E-state index in [4.69, 9.17) is 9.47 Å². The predicted molar refractivity (Wildman–Crippen MR) is 113 cm³/mol. The van der Waals surface area contributed by atoms with Crippen molar-refractivity contribution in [1.29, 1.82) is 0 Å². The van der Waals surface area contributed by atoms with Crippen molar-refractivity contribution in [2.24, 2.45) is 0 Å². The first-order chi connectivity index (χ1) is 13.7. The van der Waals surface area contributed by atoms with Crippen LogP contribution in [0, 0.1) is 5.82 Å². The minimum absolute atomic E-state index is 0.202. The Morgan fingerprint density at radius 2 is 1.75 bits per heavy atom. The lowest BCUT2D eigenvalue weighted by atomic mass is 10.1. The van der Waals surface area contributed by atoms with Gasteiger partial charge in [-0.15, -0.1) is 0 Å². The largest absolute Gasteiger partial charge is 0.497 e. The van der Waals surface area contributed by atoms with Crippen LogP contribution < -0.4 is 14.8 Å². The summed E-state index contributed by atoms with van der Waals surface area (Å²) in [6, 6.07) is 20.6. The van der Waals surface area contributed by atoms with Crippen molar-refractivity contribution in [2.75, 3.05) is 13.7 Å². The van der Waals surface area contributed by atoms with Gasteiger partial charge in [-0.1, -0.05) is 46.3 Å². The number of hydrogen-bond donors (Lipinski definition) is 1. The third kappa shape index (κ3) is 5.81. The fourth-order valence-corrected chi connectivity index (χ4v) is 3.25. The molecule has 0 aliphatic carbocycles. The molecule has 3 rings (SSSR count). The maximum atomic E-state index is 13.8. The first-order valence-electron chi connectivity index (χ1n) is 9.14. The second-order valence-electron chi connectivity index (χ2n) is 6.41. The van der Waals surface area contributed by atoms with E-state index in [0.29, 0.717) is 12.1 Å². The van der Waals surface area contributed by atoms with Crippen LogP contribution in [0.1, 0.15) is 16.7 Å². The molecule has 28 heavy (non-hydrogen) atoms. The molecular weight excluding hydrogens is 421 g/mol. The van der Waals surface area contributed by atoms with Crippen LogP contribution in [0.4, 0.5) is 4.39 Å². The molecule has 146 valence electrons. The Bertz CT molecular complexity index is 899. The van der Waals surface area contributed by atoms with Gasteiger partial charge in [0.1, 0.15) is 23.9 Å². The van der Waals surface area contributed by atoms with E-state index in [1.54, 1.807) is 19.2 Å². The molecule has 0 aromatic heterocycles. The Morgan fingerprint density at radius 1 is 0.964 bits per heavy atom. The van der Waals surface area contributed by atoms with Crippen molar-refractivity contribution in [3.63, 3.8) is 0 Å². The molecule has 5 heteroatoms. The lowest BCUT2D eigenvalue weighted by molar-refractivity contribution is 0.296. The first kappa shape index (κ1) is 20.4. The molecule has 3 nitrogen and oxygen atoms in total. The molecule has 0 heterocycles. The van der Waals surface area contributed by atoms with Gasteiger partial charge in [-0.25, -0.2) is 4.39 Å². The average Bonchev–Trinajstić information content (AvgIpc) is 2.72. The van der Waals surface area contributed by atoms with Gasteiger partial charge in [0.15, 0.2) is 0 Å². The van der Waals surface area contributed by atoms with Crippen molar-refractivity contribution in [1.82, 2.24) is 5.32 Å². The van der Waals surface area contributed by atoms with Crippen molar-refractivity contribution in [3.05, 3.63) is 93.7 Å². The van der Waals surface area contributed by atoms with Gasteiger partial charge < -0.3 is 14.8 Å². The van der Waals surface area contributed by atoms with Crippen molar-refractivity contribution in [2.45, 2.75) is 19.6 Å². The fourth-order valence-electron chi connectivity index (χ4n) is 2.85. The van der Waals surface area contributed by atoms with E-state index in [2.05, 4.69) is 33.4 Å². The van der Waals surface area contributed by atoms with Gasteiger partial charge in [-0.2, -0.15) is 0 Å². The average molecular weight is 444 g/mol. The van der Waals surface area contributed by atoms with Crippen molar-refractivity contribution in [3.8, 4) is 11.5 Å². The number of nitrogens with one attached hydrogen (secondary N) is 1. The number of halogens is 2. The summed E-state index contributed by atoms with van der Waals surface area (Å²) in [6.45, 7) is 1.71. The number of rotatable bonds is 9. The van der Waals surface area contributed by atoms with Crippen LogP contribution in [-0.2, 0) is 19.6 Å². The van der Waals surface area contributed by atoms with Crippen molar-refractivity contribution < 1.29 is 13.9 Å². The third-order valence-electron chi connectivity index (χ3n) is 4.43. The molecule has 0 atom stereocenters. The highest BCUT2D eigenvalue weighted by Crippen LogP contribution is 2.24. The minimum Gasteiger partial charge on any atom is -0.497 e. The second kappa shape index (κ2) is 10.2. The van der Waals surface area contributed by atoms with Crippen LogP contribution in [-0.4, -0.2) is 13.7 Å². The lowest BCUT2D eigenvalue weighted by Gasteiger charge is -2.13. The summed E-state index contributed by atoms with van der Waals surface area (Å²) in [4.78, 5) is 0. The van der Waals surface area contributed by atoms with E-state index in [0.717, 1.165) is 34.5 Å². The summed E-state index contributed by atoms with van der Waals surface area (Å²) < 4.78 is 25.9. The summed E-state index contributed by atoms with van der Waals surface area (Å²) in [5, 5.41) is 3.45. The molecule has 0 unspecified atom stereocenters. The van der Waals surface area contributed by atoms with E-state index in [1.807, 2.05) is 36.4 Å². The fraction of sp³-hybridized carbons (Fsp3) is 0.217. The SMILES string of the molecule is COc1ccc(CCNCc2cc(Br)ccc2OCc2ccccc2F)cc1. The molecule has 0 aliphatic heterocycles. The highest BCUT2D eigenvalue weighted by atomic mass is 79.9. The van der Waals surface area contributed by atoms with Crippen molar-refractivity contribution >= 4 is 15.9 Å². The highest BCUT2D eigenvalue weighted by molar-refractivity contribution is 9.10. The molecule has 3 aromatic carbocycles. The van der Waals surface area contributed by atoms with Crippen LogP contribution in [0.25, 0.3) is 0 Å². The van der Waals surface area contributed by atoms with Gasteiger partial charge in [0.05, 0.1) is 7.11 Å². The zero-order chi connectivity index (χ0) is 19.8. The summed E-state index contributed by atoms with van der Waals surface area (Å²) in [7, 11) is 1.67. The molecule has 0 amide bonds. The van der Waals surface area contributed by atoms with Gasteiger partial charge in [-0.3, -0.25) is 0 Å². The summed E-state index contributed by atoms with van der Waals surface area (Å²) in [5.74, 6) is 1.37. The van der Waals surface area contributed by atoms with Crippen LogP contribution in [0.5, 0.6) is 11.5 Å². The summed E-state index contributed by atoms with van der Waals surface area (Å²) in [5.41, 5.74) is 2.82. The minimum atomic E-state index is -0.251. The molecule has 0 fully saturated rings. The highest BCUT2D eigenvalue weighted by Gasteiger charge is 2.07. The molecule has 0 bridgehead atoms. The van der Waals surface area contributed by atoms with E-state index in [9.17, 15) is 4.39 Å². The molecule has 0 saturated carbocycles. The maximum absolute atomic E-state index is 13.8. The standard InChI is InChI=1S/C23H23BrFNO2/c1-27-21-9-6-17(7-10-21)12-13-26-15-19-14-20(24)8-11-23(19)28-16-18-4-2-3-5-22(18)25/h2-11,14,26H,12-13,15-16H2,1H3. The van der Waals surface area contributed by atoms with Gasteiger partial charge in [-0.05, 0) is 54.9 Å². The second-order valence-corrected chi connectivity index (χ2v) is 7.32. The summed E-state index contributed by atoms with van der Waals surface area (Å²) >= 11 is 3.51. The van der Waals surface area contributed by atoms with Crippen LogP contribution in [0.3, 0.4) is 0 Å². The predicted octanol–water partition coefficient (Wildman–Crippen LogP) is 5.51. The van der Waals surface area contributed by atoms with Crippen LogP contribution in [0.2, 0.25) is 0 Å². The molecular formula is C23H23BrFNO2. The molecule has 0 saturated heterocycles. The topological polar surface area (TPSA) is 30.5 Å². The third-order valence-corrected chi connectivity index (χ3v) is 4.92. The smallest absolute Gasteiger partial charge is 0.129 e. The first-order valence-corrected chi connectivity index (χ1v) is 9.93. The Labute approximate surface area is 173 Å². The van der Waals surface area contributed by atoms with Gasteiger partial charge in [0, 0.05) is 22.1 Å². The number of methoxy groups -OCH3 is 1. The molecule has 0 spiro atoms. The molecule has 0 aliphatic rings. The number of hydrogen-bond acceptors (Lipinski definition) is 3. The molecule has 3 aromatic rings. The monoisotopic (exact) mass is 443 g/mol. The van der Waals surface area contributed by atoms with Gasteiger partial charge >= 0.3 is 0 Å². The Morgan fingerprint density at radius 3 is 2.50 bits per heavy atom. The van der Waals surface area contributed by atoms with Crippen LogP contribution in [0.15, 0.2) is 71.2 Å². The quantitative estimate of drug-likeness (QED) is 0.442. The maximum Gasteiger partial charge on any atom is 0.129 e. The Kier molecular flexibility index (Phi) is 7.46. The van der Waals surface area contributed by atoms with E-state index >= 15 is 0 Å². The van der Waals surface area contributed by atoms with Gasteiger partial charge in [0.2, 0.25) is 0 Å². The Balaban J connectivity index is 1.55. The van der Waals surface area contributed by atoms with Gasteiger partial charge in [0.25, 0.3) is 0 Å². The summed E-state index contributed by atoms with van der Waals surface area (Å²) in [6.07, 6.45) is 0.920. The lowest BCUT2D eigenvalue weighted by Crippen LogP contribution is -2.17. The number of benzene rings is 3. The van der Waals surface area contributed by atoms with E-state index in [1.165, 1.54) is 11.6 Å². The number of ether oxygens (including phenoxy) is 2. The van der Waals surface area contributed by atoms with E-state index in [-0.39, 0.29) is 12.4 Å². The van der Waals surface area contributed by atoms with Crippen LogP contribution >= 0.6 is 15.9 Å². The Hall–Kier alpha value is -2.37. The van der Waals surface area contributed by atoms with E-state index < -0.39 is 0 Å². The normalized spacial score (nSPS) is 10.7. The molecule has 1 N–H and O–H groups in total.